The Morgan fingerprint density at radius 1 is 0.926 bits per heavy atom. The number of halogens is 3. The van der Waals surface area contributed by atoms with E-state index in [4.69, 9.17) is 0 Å². The number of hydrogen-bond donors (Lipinski definition) is 0. The number of allylic oxidation sites excluding steroid dienone is 1. The molecule has 0 heterocycles. The van der Waals surface area contributed by atoms with Crippen LogP contribution in [0.25, 0.3) is 0 Å². The molecule has 0 bridgehead atoms. The zero-order chi connectivity index (χ0) is 19.4. The Bertz CT molecular complexity index is 604. The average molecular weight is 380 g/mol. The molecule has 0 amide bonds. The van der Waals surface area contributed by atoms with Crippen molar-refractivity contribution < 1.29 is 17.9 Å². The highest BCUT2D eigenvalue weighted by Gasteiger charge is 2.33. The van der Waals surface area contributed by atoms with Crippen molar-refractivity contribution in [2.45, 2.75) is 77.0 Å². The molecule has 0 unspecified atom stereocenters. The first-order valence-electron chi connectivity index (χ1n) is 10.4. The molecule has 27 heavy (non-hydrogen) atoms. The van der Waals surface area contributed by atoms with E-state index in [1.165, 1.54) is 56.2 Å². The summed E-state index contributed by atoms with van der Waals surface area (Å²) < 4.78 is 40.8. The van der Waals surface area contributed by atoms with Gasteiger partial charge in [0.05, 0.1) is 0 Å². The first-order chi connectivity index (χ1) is 12.9. The maximum Gasteiger partial charge on any atom is 0.573 e. The minimum atomic E-state index is -4.62. The fraction of sp³-hybridized carbons (Fsp3) is 0.652. The fourth-order valence-corrected chi connectivity index (χ4v) is 5.15. The van der Waals surface area contributed by atoms with E-state index in [-0.39, 0.29) is 5.75 Å². The molecule has 0 saturated heterocycles. The van der Waals surface area contributed by atoms with E-state index >= 15 is 0 Å². The predicted octanol–water partition coefficient (Wildman–Crippen LogP) is 7.63. The average Bonchev–Trinajstić information content (AvgIpc) is 2.67. The minimum Gasteiger partial charge on any atom is -0.406 e. The largest absolute Gasteiger partial charge is 0.573 e. The third kappa shape index (κ3) is 5.52. The van der Waals surface area contributed by atoms with Gasteiger partial charge in [-0.05, 0) is 99.2 Å². The van der Waals surface area contributed by atoms with Crippen molar-refractivity contribution in [1.82, 2.24) is 0 Å². The van der Waals surface area contributed by atoms with Crippen LogP contribution in [-0.2, 0) is 0 Å². The fourth-order valence-electron chi connectivity index (χ4n) is 5.15. The van der Waals surface area contributed by atoms with Crippen molar-refractivity contribution in [1.29, 1.82) is 0 Å². The molecule has 0 radical (unpaired) electrons. The Morgan fingerprint density at radius 3 is 1.93 bits per heavy atom. The summed E-state index contributed by atoms with van der Waals surface area (Å²) in [6.45, 7) is 6.44. The van der Waals surface area contributed by atoms with Crippen LogP contribution in [0.4, 0.5) is 13.2 Å². The van der Waals surface area contributed by atoms with E-state index in [9.17, 15) is 13.2 Å². The van der Waals surface area contributed by atoms with E-state index in [2.05, 4.69) is 18.2 Å². The summed E-state index contributed by atoms with van der Waals surface area (Å²) in [5, 5.41) is 0. The van der Waals surface area contributed by atoms with Gasteiger partial charge in [0.25, 0.3) is 0 Å². The molecule has 2 saturated carbocycles. The van der Waals surface area contributed by atoms with Crippen molar-refractivity contribution in [3.05, 3.63) is 42.0 Å². The van der Waals surface area contributed by atoms with E-state index in [1.54, 1.807) is 12.1 Å². The van der Waals surface area contributed by atoms with Crippen LogP contribution >= 0.6 is 0 Å². The monoisotopic (exact) mass is 380 g/mol. The van der Waals surface area contributed by atoms with Crippen LogP contribution in [0.3, 0.4) is 0 Å². The maximum atomic E-state index is 12.3. The number of hydrogen-bond acceptors (Lipinski definition) is 1. The molecule has 0 aromatic heterocycles. The Labute approximate surface area is 161 Å². The minimum absolute atomic E-state index is 0.134. The molecule has 2 aliphatic carbocycles. The van der Waals surface area contributed by atoms with Gasteiger partial charge in [0.15, 0.2) is 0 Å². The Balaban J connectivity index is 1.47. The molecule has 2 aliphatic rings. The third-order valence-corrected chi connectivity index (χ3v) is 6.83. The van der Waals surface area contributed by atoms with Crippen molar-refractivity contribution in [3.8, 4) is 5.75 Å². The summed E-state index contributed by atoms with van der Waals surface area (Å²) in [4.78, 5) is 0. The van der Waals surface area contributed by atoms with E-state index < -0.39 is 6.36 Å². The van der Waals surface area contributed by atoms with Gasteiger partial charge in [-0.2, -0.15) is 0 Å². The van der Waals surface area contributed by atoms with Gasteiger partial charge in [0.2, 0.25) is 0 Å². The Morgan fingerprint density at radius 2 is 1.44 bits per heavy atom. The second-order valence-corrected chi connectivity index (χ2v) is 8.35. The van der Waals surface area contributed by atoms with Gasteiger partial charge in [0.1, 0.15) is 5.75 Å². The van der Waals surface area contributed by atoms with Gasteiger partial charge in [-0.1, -0.05) is 31.2 Å². The summed E-state index contributed by atoms with van der Waals surface area (Å²) in [5.74, 6) is 2.75. The molecule has 1 nitrogen and oxygen atoms in total. The molecule has 0 N–H and O–H groups in total. The van der Waals surface area contributed by atoms with E-state index in [0.717, 1.165) is 42.6 Å². The summed E-state index contributed by atoms with van der Waals surface area (Å²) in [5.41, 5.74) is 2.57. The second kappa shape index (κ2) is 8.70. The van der Waals surface area contributed by atoms with Crippen LogP contribution in [0, 0.1) is 17.8 Å². The van der Waals surface area contributed by atoms with E-state index in [1.807, 2.05) is 0 Å². The maximum absolute atomic E-state index is 12.3. The van der Waals surface area contributed by atoms with Crippen LogP contribution in [0.2, 0.25) is 0 Å². The summed E-state index contributed by atoms with van der Waals surface area (Å²) in [7, 11) is 0. The number of alkyl halides is 3. The van der Waals surface area contributed by atoms with Gasteiger partial charge in [0, 0.05) is 0 Å². The molecule has 2 fully saturated rings. The second-order valence-electron chi connectivity index (χ2n) is 8.35. The molecule has 1 aromatic carbocycles. The molecule has 4 heteroatoms. The Kier molecular flexibility index (Phi) is 6.54. The lowest BCUT2D eigenvalue weighted by molar-refractivity contribution is -0.274. The van der Waals surface area contributed by atoms with E-state index in [0.29, 0.717) is 5.92 Å². The topological polar surface area (TPSA) is 9.23 Å². The highest BCUT2D eigenvalue weighted by molar-refractivity contribution is 5.29. The summed E-state index contributed by atoms with van der Waals surface area (Å²) >= 11 is 0. The van der Waals surface area contributed by atoms with Crippen molar-refractivity contribution in [3.63, 3.8) is 0 Å². The SMILES string of the molecule is C=C(CC)C1CCC(C2CCC(c3ccc(OC(F)(F)F)cc3)CC2)CC1. The lowest BCUT2D eigenvalue weighted by Gasteiger charge is -2.38. The lowest BCUT2D eigenvalue weighted by atomic mass is 9.67. The van der Waals surface area contributed by atoms with Gasteiger partial charge >= 0.3 is 6.36 Å². The van der Waals surface area contributed by atoms with Crippen LogP contribution in [0.1, 0.15) is 76.2 Å². The van der Waals surface area contributed by atoms with Gasteiger partial charge in [-0.3, -0.25) is 0 Å². The van der Waals surface area contributed by atoms with Gasteiger partial charge in [-0.15, -0.1) is 13.2 Å². The van der Waals surface area contributed by atoms with Gasteiger partial charge < -0.3 is 4.74 Å². The quantitative estimate of drug-likeness (QED) is 0.477. The summed E-state index contributed by atoms with van der Waals surface area (Å²) in [6.07, 6.45) is 6.54. The zero-order valence-corrected chi connectivity index (χ0v) is 16.2. The predicted molar refractivity (Wildman–Crippen MR) is 103 cm³/mol. The van der Waals surface area contributed by atoms with Crippen molar-refractivity contribution in [2.24, 2.45) is 17.8 Å². The third-order valence-electron chi connectivity index (χ3n) is 6.83. The number of rotatable bonds is 5. The molecule has 0 spiro atoms. The molecule has 150 valence electrons. The van der Waals surface area contributed by atoms with Crippen molar-refractivity contribution >= 4 is 0 Å². The summed E-state index contributed by atoms with van der Waals surface area (Å²) in [6, 6.07) is 6.48. The highest BCUT2D eigenvalue weighted by atomic mass is 19.4. The van der Waals surface area contributed by atoms with Crippen molar-refractivity contribution in [2.75, 3.05) is 0 Å². The molecule has 0 aliphatic heterocycles. The van der Waals surface area contributed by atoms with Gasteiger partial charge in [-0.25, -0.2) is 0 Å². The first kappa shape index (κ1) is 20.3. The molecule has 3 rings (SSSR count). The molecule has 1 aromatic rings. The highest BCUT2D eigenvalue weighted by Crippen LogP contribution is 2.45. The first-order valence-corrected chi connectivity index (χ1v) is 10.4. The molecule has 0 atom stereocenters. The zero-order valence-electron chi connectivity index (χ0n) is 16.2. The number of ether oxygens (including phenoxy) is 1. The van der Waals surface area contributed by atoms with Crippen LogP contribution < -0.4 is 4.74 Å². The normalized spacial score (nSPS) is 29.3. The van der Waals surface area contributed by atoms with Crippen LogP contribution in [0.5, 0.6) is 5.75 Å². The standard InChI is InChI=1S/C23H31F3O/c1-3-16(2)17-4-6-18(7-5-17)19-8-10-20(11-9-19)21-12-14-22(15-13-21)27-23(24,25)26/h12-15,17-20H,2-11H2,1H3. The number of benzene rings is 1. The smallest absolute Gasteiger partial charge is 0.406 e. The molecular weight excluding hydrogens is 349 g/mol. The van der Waals surface area contributed by atoms with Crippen LogP contribution in [0.15, 0.2) is 36.4 Å². The Hall–Kier alpha value is -1.45. The van der Waals surface area contributed by atoms with Crippen LogP contribution in [-0.4, -0.2) is 6.36 Å². The molecular formula is C23H31F3O. The lowest BCUT2D eigenvalue weighted by Crippen LogP contribution is -2.25.